The minimum Gasteiger partial charge on any atom is -0.497 e. The molecule has 1 atom stereocenters. The standard InChI is InChI=1S/C20H19F3N2O3/c1-12(18-6-5-17(10-24-18)28-11-20(21,22)23)25-19(26)15-7-13-3-4-16(27-2)9-14(13)8-15/h3-6,8-10,12H,7,11H2,1-2H3,(H,25,26)/t12-/m1/s1. The van der Waals surface area contributed by atoms with E-state index in [0.29, 0.717) is 17.7 Å². The van der Waals surface area contributed by atoms with E-state index in [9.17, 15) is 18.0 Å². The molecule has 28 heavy (non-hydrogen) atoms. The second-order valence-corrected chi connectivity index (χ2v) is 6.43. The number of benzene rings is 1. The molecule has 0 fully saturated rings. The number of hydrogen-bond donors (Lipinski definition) is 1. The van der Waals surface area contributed by atoms with E-state index < -0.39 is 18.8 Å². The van der Waals surface area contributed by atoms with Gasteiger partial charge < -0.3 is 14.8 Å². The van der Waals surface area contributed by atoms with Gasteiger partial charge in [0.25, 0.3) is 0 Å². The van der Waals surface area contributed by atoms with Gasteiger partial charge in [-0.1, -0.05) is 6.07 Å². The molecule has 1 N–H and O–H groups in total. The van der Waals surface area contributed by atoms with Crippen LogP contribution in [0.1, 0.15) is 29.8 Å². The summed E-state index contributed by atoms with van der Waals surface area (Å²) < 4.78 is 46.3. The predicted octanol–water partition coefficient (Wildman–Crippen LogP) is 3.85. The van der Waals surface area contributed by atoms with Crippen LogP contribution in [0.5, 0.6) is 11.5 Å². The first-order chi connectivity index (χ1) is 13.2. The van der Waals surface area contributed by atoms with Crippen molar-refractivity contribution in [2.45, 2.75) is 25.6 Å². The lowest BCUT2D eigenvalue weighted by atomic mass is 10.1. The number of aromatic nitrogens is 1. The van der Waals surface area contributed by atoms with E-state index in [0.717, 1.165) is 16.9 Å². The first kappa shape index (κ1) is 19.7. The van der Waals surface area contributed by atoms with E-state index in [2.05, 4.69) is 15.0 Å². The number of hydrogen-bond acceptors (Lipinski definition) is 4. The average molecular weight is 392 g/mol. The van der Waals surface area contributed by atoms with Gasteiger partial charge in [0.1, 0.15) is 11.5 Å². The van der Waals surface area contributed by atoms with Crippen molar-refractivity contribution in [1.82, 2.24) is 10.3 Å². The number of pyridine rings is 1. The van der Waals surface area contributed by atoms with Crippen molar-refractivity contribution in [3.05, 3.63) is 58.9 Å². The molecule has 0 radical (unpaired) electrons. The molecule has 2 aromatic rings. The quantitative estimate of drug-likeness (QED) is 0.811. The Hall–Kier alpha value is -3.03. The summed E-state index contributed by atoms with van der Waals surface area (Å²) >= 11 is 0. The number of nitrogens with one attached hydrogen (secondary N) is 1. The summed E-state index contributed by atoms with van der Waals surface area (Å²) in [6.07, 6.45) is -0.853. The number of carbonyl (C=O) groups excluding carboxylic acids is 1. The second kappa shape index (κ2) is 7.92. The van der Waals surface area contributed by atoms with Gasteiger partial charge in [0.15, 0.2) is 6.61 Å². The third-order valence-electron chi connectivity index (χ3n) is 4.31. The van der Waals surface area contributed by atoms with E-state index >= 15 is 0 Å². The summed E-state index contributed by atoms with van der Waals surface area (Å²) in [5, 5.41) is 2.86. The molecule has 0 bridgehead atoms. The van der Waals surface area contributed by atoms with Crippen molar-refractivity contribution in [2.24, 2.45) is 0 Å². The van der Waals surface area contributed by atoms with Crippen LogP contribution in [0.15, 0.2) is 42.1 Å². The SMILES string of the molecule is COc1ccc2c(c1)C=C(C(=O)N[C@H](C)c1ccc(OCC(F)(F)F)cn1)C2. The molecule has 1 aliphatic rings. The van der Waals surface area contributed by atoms with Gasteiger partial charge in [-0.05, 0) is 48.4 Å². The summed E-state index contributed by atoms with van der Waals surface area (Å²) in [5.74, 6) is 0.520. The fourth-order valence-electron chi connectivity index (χ4n) is 2.85. The highest BCUT2D eigenvalue weighted by molar-refractivity contribution is 6.00. The zero-order valence-corrected chi connectivity index (χ0v) is 15.3. The van der Waals surface area contributed by atoms with Gasteiger partial charge in [-0.3, -0.25) is 9.78 Å². The predicted molar refractivity (Wildman–Crippen MR) is 97.0 cm³/mol. The Kier molecular flexibility index (Phi) is 5.58. The second-order valence-electron chi connectivity index (χ2n) is 6.43. The summed E-state index contributed by atoms with van der Waals surface area (Å²) in [6.45, 7) is 0.377. The molecular weight excluding hydrogens is 373 g/mol. The average Bonchev–Trinajstić information content (AvgIpc) is 3.09. The Labute approximate surface area is 160 Å². The highest BCUT2D eigenvalue weighted by Gasteiger charge is 2.28. The normalized spacial score (nSPS) is 14.1. The van der Waals surface area contributed by atoms with E-state index in [1.165, 1.54) is 18.3 Å². The van der Waals surface area contributed by atoms with Crippen molar-refractivity contribution < 1.29 is 27.4 Å². The van der Waals surface area contributed by atoms with Crippen LogP contribution in [0, 0.1) is 0 Å². The number of amides is 1. The van der Waals surface area contributed by atoms with Crippen molar-refractivity contribution in [3.63, 3.8) is 0 Å². The number of ether oxygens (including phenoxy) is 2. The Balaban J connectivity index is 1.60. The summed E-state index contributed by atoms with van der Waals surface area (Å²) in [7, 11) is 1.59. The third kappa shape index (κ3) is 4.82. The maximum atomic E-state index is 12.5. The minimum absolute atomic E-state index is 0.0162. The summed E-state index contributed by atoms with van der Waals surface area (Å²) in [4.78, 5) is 16.6. The maximum Gasteiger partial charge on any atom is 0.422 e. The van der Waals surface area contributed by atoms with Gasteiger partial charge in [-0.25, -0.2) is 0 Å². The van der Waals surface area contributed by atoms with Crippen molar-refractivity contribution in [1.29, 1.82) is 0 Å². The van der Waals surface area contributed by atoms with Gasteiger partial charge in [-0.2, -0.15) is 13.2 Å². The maximum absolute atomic E-state index is 12.5. The van der Waals surface area contributed by atoms with Crippen molar-refractivity contribution >= 4 is 12.0 Å². The molecule has 0 saturated carbocycles. The van der Waals surface area contributed by atoms with E-state index in [1.54, 1.807) is 14.0 Å². The van der Waals surface area contributed by atoms with Crippen LogP contribution in [0.3, 0.4) is 0 Å². The summed E-state index contributed by atoms with van der Waals surface area (Å²) in [5.41, 5.74) is 3.13. The molecule has 0 spiro atoms. The Morgan fingerprint density at radius 1 is 1.25 bits per heavy atom. The molecule has 0 saturated heterocycles. The Morgan fingerprint density at radius 2 is 2.00 bits per heavy atom. The Morgan fingerprint density at radius 3 is 2.64 bits per heavy atom. The number of alkyl halides is 3. The molecule has 8 heteroatoms. The number of carbonyl (C=O) groups is 1. The lowest BCUT2D eigenvalue weighted by molar-refractivity contribution is -0.153. The molecule has 1 aromatic carbocycles. The highest BCUT2D eigenvalue weighted by Crippen LogP contribution is 2.29. The minimum atomic E-state index is -4.41. The van der Waals surface area contributed by atoms with Crippen molar-refractivity contribution in [3.8, 4) is 11.5 Å². The molecule has 0 aliphatic heterocycles. The zero-order valence-electron chi connectivity index (χ0n) is 15.3. The van der Waals surface area contributed by atoms with Crippen LogP contribution in [0.4, 0.5) is 13.2 Å². The Bertz CT molecular complexity index is 893. The molecule has 1 heterocycles. The van der Waals surface area contributed by atoms with Gasteiger partial charge in [0.2, 0.25) is 5.91 Å². The fourth-order valence-corrected chi connectivity index (χ4v) is 2.85. The van der Waals surface area contributed by atoms with Gasteiger partial charge in [-0.15, -0.1) is 0 Å². The molecule has 5 nitrogen and oxygen atoms in total. The third-order valence-corrected chi connectivity index (χ3v) is 4.31. The molecule has 3 rings (SSSR count). The molecule has 1 amide bonds. The lowest BCUT2D eigenvalue weighted by Crippen LogP contribution is -2.28. The van der Waals surface area contributed by atoms with Crippen LogP contribution >= 0.6 is 0 Å². The van der Waals surface area contributed by atoms with Crippen LogP contribution in [0.2, 0.25) is 0 Å². The van der Waals surface area contributed by atoms with Crippen molar-refractivity contribution in [2.75, 3.05) is 13.7 Å². The lowest BCUT2D eigenvalue weighted by Gasteiger charge is -2.15. The molecule has 148 valence electrons. The number of nitrogens with zero attached hydrogens (tertiary/aromatic N) is 1. The van der Waals surface area contributed by atoms with Gasteiger partial charge >= 0.3 is 6.18 Å². The number of halogens is 3. The fraction of sp³-hybridized carbons (Fsp3) is 0.300. The van der Waals surface area contributed by atoms with Crippen LogP contribution in [-0.4, -0.2) is 30.8 Å². The summed E-state index contributed by atoms with van der Waals surface area (Å²) in [6, 6.07) is 8.16. The number of rotatable bonds is 6. The van der Waals surface area contributed by atoms with Crippen LogP contribution in [0.25, 0.3) is 6.08 Å². The highest BCUT2D eigenvalue weighted by atomic mass is 19.4. The molecule has 1 aliphatic carbocycles. The number of fused-ring (bicyclic) bond motifs is 1. The molecular formula is C20H19F3N2O3. The van der Waals surface area contributed by atoms with Crippen LogP contribution < -0.4 is 14.8 Å². The molecule has 1 aromatic heterocycles. The van der Waals surface area contributed by atoms with E-state index in [-0.39, 0.29) is 11.7 Å². The number of methoxy groups -OCH3 is 1. The van der Waals surface area contributed by atoms with E-state index in [4.69, 9.17) is 4.74 Å². The largest absolute Gasteiger partial charge is 0.497 e. The zero-order chi connectivity index (χ0) is 20.3. The monoisotopic (exact) mass is 392 g/mol. The van der Waals surface area contributed by atoms with Crippen LogP contribution in [-0.2, 0) is 11.2 Å². The first-order valence-electron chi connectivity index (χ1n) is 8.59. The van der Waals surface area contributed by atoms with Gasteiger partial charge in [0, 0.05) is 12.0 Å². The molecule has 0 unspecified atom stereocenters. The topological polar surface area (TPSA) is 60.5 Å². The first-order valence-corrected chi connectivity index (χ1v) is 8.59. The van der Waals surface area contributed by atoms with Gasteiger partial charge in [0.05, 0.1) is 25.0 Å². The smallest absolute Gasteiger partial charge is 0.422 e. The van der Waals surface area contributed by atoms with E-state index in [1.807, 2.05) is 24.3 Å².